The van der Waals surface area contributed by atoms with E-state index in [4.69, 9.17) is 9.73 Å². The molecule has 1 N–H and O–H groups in total. The van der Waals surface area contributed by atoms with Crippen LogP contribution < -0.4 is 10.1 Å². The van der Waals surface area contributed by atoms with E-state index in [1.54, 1.807) is 24.8 Å². The minimum Gasteiger partial charge on any atom is -0.496 e. The highest BCUT2D eigenvalue weighted by Gasteiger charge is 2.14. The van der Waals surface area contributed by atoms with Crippen molar-refractivity contribution in [3.63, 3.8) is 0 Å². The summed E-state index contributed by atoms with van der Waals surface area (Å²) >= 11 is 1.59. The number of aromatic nitrogens is 1. The molecule has 4 rings (SSSR count). The molecule has 36 heavy (non-hydrogen) atoms. The van der Waals surface area contributed by atoms with Gasteiger partial charge < -0.3 is 15.0 Å². The van der Waals surface area contributed by atoms with Crippen LogP contribution >= 0.6 is 11.3 Å². The van der Waals surface area contributed by atoms with Gasteiger partial charge in [0.1, 0.15) is 10.8 Å². The first-order valence-corrected chi connectivity index (χ1v) is 12.9. The highest BCUT2D eigenvalue weighted by molar-refractivity contribution is 7.16. The molecule has 0 aliphatic heterocycles. The Kier molecular flexibility index (Phi) is 8.81. The van der Waals surface area contributed by atoms with E-state index in [0.717, 1.165) is 59.5 Å². The fourth-order valence-corrected chi connectivity index (χ4v) is 5.36. The first-order chi connectivity index (χ1) is 17.6. The molecule has 0 radical (unpaired) electrons. The van der Waals surface area contributed by atoms with Crippen LogP contribution in [0.25, 0.3) is 10.8 Å². The molecule has 7 heteroatoms. The van der Waals surface area contributed by atoms with Gasteiger partial charge in [-0.15, -0.1) is 11.3 Å². The lowest BCUT2D eigenvalue weighted by Crippen LogP contribution is -2.20. The Balaban J connectivity index is 1.40. The maximum absolute atomic E-state index is 11.8. The van der Waals surface area contributed by atoms with Crippen LogP contribution in [0.5, 0.6) is 5.75 Å². The Morgan fingerprint density at radius 1 is 1.08 bits per heavy atom. The number of nitrogens with zero attached hydrogens (tertiary/aromatic N) is 3. The van der Waals surface area contributed by atoms with E-state index in [2.05, 4.69) is 28.5 Å². The van der Waals surface area contributed by atoms with Crippen LogP contribution in [0, 0.1) is 6.92 Å². The van der Waals surface area contributed by atoms with Gasteiger partial charge in [0.15, 0.2) is 6.29 Å². The summed E-state index contributed by atoms with van der Waals surface area (Å²) in [6, 6.07) is 16.5. The Morgan fingerprint density at radius 3 is 2.64 bits per heavy atom. The van der Waals surface area contributed by atoms with Crippen molar-refractivity contribution in [2.75, 3.05) is 27.2 Å². The second-order valence-electron chi connectivity index (χ2n) is 8.72. The summed E-state index contributed by atoms with van der Waals surface area (Å²) in [5.41, 5.74) is 4.09. The standard InChI is InChI=1S/C29H32N4O2S/c1-21-26(19-34)29(36-28(21)13-17-31-16-12-22-10-14-30-15-11-22)32-20-33(2)18-25-24-7-5-4-6-23(24)8-9-27(25)35-3/h4-11,14-15,19-20,31H,12-13,16-18H2,1-3H3/b32-20-. The molecule has 0 fully saturated rings. The van der Waals surface area contributed by atoms with E-state index in [1.807, 2.05) is 61.6 Å². The summed E-state index contributed by atoms with van der Waals surface area (Å²) in [5, 5.41) is 6.59. The topological polar surface area (TPSA) is 66.8 Å². The average Bonchev–Trinajstić information content (AvgIpc) is 3.22. The Morgan fingerprint density at radius 2 is 1.86 bits per heavy atom. The summed E-state index contributed by atoms with van der Waals surface area (Å²) in [6.07, 6.45) is 8.20. The van der Waals surface area contributed by atoms with Crippen molar-refractivity contribution in [2.24, 2.45) is 4.99 Å². The molecule has 0 bridgehead atoms. The van der Waals surface area contributed by atoms with Gasteiger partial charge in [-0.3, -0.25) is 9.78 Å². The number of aldehydes is 1. The number of ether oxygens (including phenoxy) is 1. The smallest absolute Gasteiger partial charge is 0.153 e. The van der Waals surface area contributed by atoms with E-state index in [1.165, 1.54) is 15.8 Å². The Bertz CT molecular complexity index is 1330. The maximum Gasteiger partial charge on any atom is 0.153 e. The molecule has 0 unspecified atom stereocenters. The fourth-order valence-electron chi connectivity index (χ4n) is 4.25. The van der Waals surface area contributed by atoms with Gasteiger partial charge in [-0.1, -0.05) is 30.3 Å². The van der Waals surface area contributed by atoms with Gasteiger partial charge in [0.2, 0.25) is 0 Å². The number of hydrogen-bond donors (Lipinski definition) is 1. The molecule has 2 heterocycles. The van der Waals surface area contributed by atoms with E-state index in [0.29, 0.717) is 12.1 Å². The molecule has 0 aliphatic carbocycles. The van der Waals surface area contributed by atoms with Crippen molar-refractivity contribution in [3.05, 3.63) is 88.1 Å². The van der Waals surface area contributed by atoms with Gasteiger partial charge in [-0.25, -0.2) is 4.99 Å². The lowest BCUT2D eigenvalue weighted by molar-refractivity contribution is 0.112. The largest absolute Gasteiger partial charge is 0.496 e. The zero-order chi connectivity index (χ0) is 25.3. The second-order valence-corrected chi connectivity index (χ2v) is 9.80. The van der Waals surface area contributed by atoms with Crippen LogP contribution in [0.4, 0.5) is 5.00 Å². The monoisotopic (exact) mass is 500 g/mol. The van der Waals surface area contributed by atoms with Gasteiger partial charge in [0.25, 0.3) is 0 Å². The van der Waals surface area contributed by atoms with Gasteiger partial charge in [0, 0.05) is 36.4 Å². The van der Waals surface area contributed by atoms with Crippen LogP contribution in [0.3, 0.4) is 0 Å². The lowest BCUT2D eigenvalue weighted by atomic mass is 10.0. The molecule has 2 aromatic heterocycles. The third-order valence-electron chi connectivity index (χ3n) is 6.26. The van der Waals surface area contributed by atoms with Gasteiger partial charge in [-0.05, 0) is 73.0 Å². The van der Waals surface area contributed by atoms with Crippen molar-refractivity contribution < 1.29 is 9.53 Å². The minimum atomic E-state index is 0.642. The zero-order valence-corrected chi connectivity index (χ0v) is 21.8. The van der Waals surface area contributed by atoms with Crippen LogP contribution in [-0.2, 0) is 19.4 Å². The second kappa shape index (κ2) is 12.4. The lowest BCUT2D eigenvalue weighted by Gasteiger charge is -2.17. The highest BCUT2D eigenvalue weighted by Crippen LogP contribution is 2.34. The van der Waals surface area contributed by atoms with E-state index in [9.17, 15) is 4.79 Å². The molecule has 6 nitrogen and oxygen atoms in total. The van der Waals surface area contributed by atoms with Crippen molar-refractivity contribution in [3.8, 4) is 5.75 Å². The SMILES string of the molecule is COc1ccc2ccccc2c1CN(C)/C=N\c1sc(CCNCCc2ccncc2)c(C)c1C=O. The van der Waals surface area contributed by atoms with Gasteiger partial charge in [-0.2, -0.15) is 0 Å². The van der Waals surface area contributed by atoms with Crippen molar-refractivity contribution in [1.29, 1.82) is 0 Å². The molecule has 2 aromatic carbocycles. The summed E-state index contributed by atoms with van der Waals surface area (Å²) in [7, 11) is 3.68. The summed E-state index contributed by atoms with van der Waals surface area (Å²) < 4.78 is 5.63. The molecule has 0 spiro atoms. The minimum absolute atomic E-state index is 0.642. The van der Waals surface area contributed by atoms with Crippen LogP contribution in [0.15, 0.2) is 65.9 Å². The van der Waals surface area contributed by atoms with Gasteiger partial charge in [0.05, 0.1) is 19.0 Å². The molecular weight excluding hydrogens is 468 g/mol. The Hall–Kier alpha value is -3.55. The van der Waals surface area contributed by atoms with Crippen LogP contribution in [-0.4, -0.2) is 49.8 Å². The van der Waals surface area contributed by atoms with E-state index >= 15 is 0 Å². The molecule has 0 aliphatic rings. The number of rotatable bonds is 12. The fraction of sp³-hybridized carbons (Fsp3) is 0.276. The number of benzene rings is 2. The molecule has 0 saturated carbocycles. The number of thiophene rings is 1. The quantitative estimate of drug-likeness (QED) is 0.119. The third kappa shape index (κ3) is 6.17. The highest BCUT2D eigenvalue weighted by atomic mass is 32.1. The normalized spacial score (nSPS) is 11.3. The summed E-state index contributed by atoms with van der Waals surface area (Å²) in [4.78, 5) is 23.8. The summed E-state index contributed by atoms with van der Waals surface area (Å²) in [5.74, 6) is 0.855. The average molecular weight is 501 g/mol. The van der Waals surface area contributed by atoms with Crippen molar-refractivity contribution >= 4 is 39.7 Å². The Labute approximate surface area is 216 Å². The first kappa shape index (κ1) is 25.5. The van der Waals surface area contributed by atoms with Crippen molar-refractivity contribution in [2.45, 2.75) is 26.3 Å². The number of methoxy groups -OCH3 is 1. The number of hydrogen-bond acceptors (Lipinski definition) is 6. The zero-order valence-electron chi connectivity index (χ0n) is 21.0. The third-order valence-corrected chi connectivity index (χ3v) is 7.53. The number of aliphatic imine (C=N–C) groups is 1. The maximum atomic E-state index is 11.8. The first-order valence-electron chi connectivity index (χ1n) is 12.1. The van der Waals surface area contributed by atoms with Crippen LogP contribution in [0.2, 0.25) is 0 Å². The number of carbonyl (C=O) groups excluding carboxylic acids is 1. The number of nitrogens with one attached hydrogen (secondary N) is 1. The molecule has 0 atom stereocenters. The number of fused-ring (bicyclic) bond motifs is 1. The molecule has 4 aromatic rings. The van der Waals surface area contributed by atoms with Crippen molar-refractivity contribution in [1.82, 2.24) is 15.2 Å². The predicted octanol–water partition coefficient (Wildman–Crippen LogP) is 5.59. The summed E-state index contributed by atoms with van der Waals surface area (Å²) in [6.45, 7) is 4.41. The van der Waals surface area contributed by atoms with E-state index in [-0.39, 0.29) is 0 Å². The van der Waals surface area contributed by atoms with E-state index < -0.39 is 0 Å². The number of carbonyl (C=O) groups is 1. The molecule has 0 amide bonds. The molecule has 0 saturated heterocycles. The number of pyridine rings is 1. The molecule has 186 valence electrons. The van der Waals surface area contributed by atoms with Crippen LogP contribution in [0.1, 0.15) is 31.9 Å². The molecular formula is C29H32N4O2S. The van der Waals surface area contributed by atoms with Gasteiger partial charge >= 0.3 is 0 Å². The predicted molar refractivity (Wildman–Crippen MR) is 149 cm³/mol.